The Balaban J connectivity index is 0.00000196. The molecule has 0 aliphatic rings. The third-order valence-electron chi connectivity index (χ3n) is 1.65. The van der Waals surface area contributed by atoms with Crippen molar-refractivity contribution in [1.29, 1.82) is 0 Å². The van der Waals surface area contributed by atoms with Gasteiger partial charge in [0.2, 0.25) is 0 Å². The molecule has 0 radical (unpaired) electrons. The van der Waals surface area contributed by atoms with E-state index in [4.69, 9.17) is 0 Å². The highest BCUT2D eigenvalue weighted by atomic mass is 32.2. The van der Waals surface area contributed by atoms with E-state index in [9.17, 15) is 13.2 Å². The van der Waals surface area contributed by atoms with E-state index in [2.05, 4.69) is 4.72 Å². The van der Waals surface area contributed by atoms with Gasteiger partial charge in [-0.3, -0.25) is 0 Å². The van der Waals surface area contributed by atoms with E-state index in [0.29, 0.717) is 0 Å². The van der Waals surface area contributed by atoms with Crippen LogP contribution in [0.25, 0.3) is 0 Å². The lowest BCUT2D eigenvalue weighted by atomic mass is 10.1. The van der Waals surface area contributed by atoms with Crippen LogP contribution in [-0.2, 0) is 0 Å². The van der Waals surface area contributed by atoms with Gasteiger partial charge in [0, 0.05) is 18.0 Å². The van der Waals surface area contributed by atoms with Crippen molar-refractivity contribution in [2.45, 2.75) is 18.5 Å². The predicted molar refractivity (Wildman–Crippen MR) is 56.7 cm³/mol. The molecule has 0 aromatic heterocycles. The van der Waals surface area contributed by atoms with Gasteiger partial charge in [-0.25, -0.2) is 4.72 Å². The number of hydrogen-bond donors (Lipinski definition) is 2. The molecule has 1 aromatic rings. The molecule has 0 aliphatic carbocycles. The van der Waals surface area contributed by atoms with Gasteiger partial charge in [0.1, 0.15) is 0 Å². The molecule has 1 atom stereocenters. The monoisotopic (exact) mass is 238 g/mol. The van der Waals surface area contributed by atoms with Crippen LogP contribution in [-0.4, -0.2) is 5.51 Å². The molecule has 1 rings (SSSR count). The summed E-state index contributed by atoms with van der Waals surface area (Å²) in [6.07, 6.45) is 0. The van der Waals surface area contributed by atoms with E-state index < -0.39 is 5.51 Å². The average molecular weight is 238 g/mol. The molecular weight excluding hydrogens is 225 g/mol. The Morgan fingerprint density at radius 1 is 1.20 bits per heavy atom. The Hall–Kier alpha value is -0.720. The topological polar surface area (TPSA) is 47.0 Å². The zero-order valence-corrected chi connectivity index (χ0v) is 9.03. The summed E-state index contributed by atoms with van der Waals surface area (Å²) < 4.78 is 37.8. The van der Waals surface area contributed by atoms with E-state index >= 15 is 0 Å². The van der Waals surface area contributed by atoms with E-state index in [-0.39, 0.29) is 24.1 Å². The van der Waals surface area contributed by atoms with Crippen LogP contribution in [0.3, 0.4) is 0 Å². The van der Waals surface area contributed by atoms with Crippen LogP contribution >= 0.6 is 11.9 Å². The second-order valence-electron chi connectivity index (χ2n) is 2.80. The highest BCUT2D eigenvalue weighted by Gasteiger charge is 2.29. The van der Waals surface area contributed by atoms with Crippen LogP contribution in [0.15, 0.2) is 30.3 Å². The second kappa shape index (κ2) is 5.99. The van der Waals surface area contributed by atoms with Gasteiger partial charge in [-0.2, -0.15) is 13.2 Å². The van der Waals surface area contributed by atoms with E-state index in [1.807, 2.05) is 6.07 Å². The summed E-state index contributed by atoms with van der Waals surface area (Å²) in [6, 6.07) is 8.68. The van der Waals surface area contributed by atoms with Crippen LogP contribution in [0.4, 0.5) is 13.2 Å². The number of hydrogen-bond acceptors (Lipinski definition) is 3. The Morgan fingerprint density at radius 3 is 2.20 bits per heavy atom. The number of nitrogens with one attached hydrogen (secondary N) is 1. The van der Waals surface area contributed by atoms with E-state index in [1.54, 1.807) is 31.2 Å². The third kappa shape index (κ3) is 5.66. The van der Waals surface area contributed by atoms with Gasteiger partial charge in [-0.05, 0) is 12.5 Å². The fraction of sp³-hybridized carbons (Fsp3) is 0.333. The largest absolute Gasteiger partial charge is 0.456 e. The standard InChI is InChI=1S/C9H10F3NS.H3N/c1-7(13-14-9(10,11)12)8-5-3-2-4-6-8;/h2-7,13H,1H3;1H3. The van der Waals surface area contributed by atoms with Crippen LogP contribution in [0.2, 0.25) is 0 Å². The lowest BCUT2D eigenvalue weighted by Gasteiger charge is -2.14. The number of benzene rings is 1. The van der Waals surface area contributed by atoms with Gasteiger partial charge >= 0.3 is 5.51 Å². The maximum absolute atomic E-state index is 11.8. The lowest BCUT2D eigenvalue weighted by molar-refractivity contribution is -0.0337. The molecule has 0 saturated carbocycles. The van der Waals surface area contributed by atoms with Gasteiger partial charge in [0.25, 0.3) is 0 Å². The smallest absolute Gasteiger partial charge is 0.344 e. The molecule has 2 nitrogen and oxygen atoms in total. The zero-order chi connectivity index (χ0) is 10.6. The Morgan fingerprint density at radius 2 is 1.73 bits per heavy atom. The van der Waals surface area contributed by atoms with Gasteiger partial charge in [0.15, 0.2) is 0 Å². The molecular formula is C9H13F3N2S. The summed E-state index contributed by atoms with van der Waals surface area (Å²) in [5, 5.41) is 0. The normalized spacial score (nSPS) is 13.1. The van der Waals surface area contributed by atoms with Crippen molar-refractivity contribution in [2.75, 3.05) is 0 Å². The summed E-state index contributed by atoms with van der Waals surface area (Å²) in [6.45, 7) is 1.69. The first-order chi connectivity index (χ1) is 6.49. The van der Waals surface area contributed by atoms with Crippen LogP contribution in [0.1, 0.15) is 18.5 Å². The van der Waals surface area contributed by atoms with E-state index in [0.717, 1.165) is 5.56 Å². The molecule has 1 unspecified atom stereocenters. The van der Waals surface area contributed by atoms with Gasteiger partial charge in [0.05, 0.1) is 0 Å². The van der Waals surface area contributed by atoms with Crippen molar-refractivity contribution in [3.63, 3.8) is 0 Å². The fourth-order valence-electron chi connectivity index (χ4n) is 0.965. The molecule has 0 amide bonds. The second-order valence-corrected chi connectivity index (χ2v) is 3.70. The van der Waals surface area contributed by atoms with Crippen molar-refractivity contribution in [1.82, 2.24) is 10.9 Å². The van der Waals surface area contributed by atoms with Crippen molar-refractivity contribution < 1.29 is 13.2 Å². The molecule has 0 saturated heterocycles. The fourth-order valence-corrected chi connectivity index (χ4v) is 1.41. The average Bonchev–Trinajstić information content (AvgIpc) is 2.14. The molecule has 15 heavy (non-hydrogen) atoms. The quantitative estimate of drug-likeness (QED) is 0.790. The minimum Gasteiger partial charge on any atom is -0.344 e. The molecule has 0 aliphatic heterocycles. The molecule has 4 N–H and O–H groups in total. The SMILES string of the molecule is CC(NSC(F)(F)F)c1ccccc1.N. The first-order valence-corrected chi connectivity index (χ1v) is 4.86. The lowest BCUT2D eigenvalue weighted by Crippen LogP contribution is -2.16. The first-order valence-electron chi connectivity index (χ1n) is 4.04. The molecule has 0 spiro atoms. The van der Waals surface area contributed by atoms with Crippen molar-refractivity contribution in [3.05, 3.63) is 35.9 Å². The van der Waals surface area contributed by atoms with Gasteiger partial charge < -0.3 is 6.15 Å². The Bertz CT molecular complexity index is 276. The first kappa shape index (κ1) is 14.3. The van der Waals surface area contributed by atoms with Crippen LogP contribution in [0, 0.1) is 0 Å². The van der Waals surface area contributed by atoms with Crippen molar-refractivity contribution in [2.24, 2.45) is 0 Å². The molecule has 0 bridgehead atoms. The molecule has 0 heterocycles. The zero-order valence-electron chi connectivity index (χ0n) is 8.21. The molecule has 86 valence electrons. The van der Waals surface area contributed by atoms with E-state index in [1.165, 1.54) is 0 Å². The van der Waals surface area contributed by atoms with Crippen molar-refractivity contribution in [3.8, 4) is 0 Å². The summed E-state index contributed by atoms with van der Waals surface area (Å²) in [4.78, 5) is 0. The highest BCUT2D eigenvalue weighted by molar-refractivity contribution is 7.98. The number of halogens is 3. The Kier molecular flexibility index (Phi) is 5.71. The van der Waals surface area contributed by atoms with Crippen LogP contribution in [0.5, 0.6) is 0 Å². The minimum absolute atomic E-state index is 0. The number of alkyl halides is 3. The highest BCUT2D eigenvalue weighted by Crippen LogP contribution is 2.29. The maximum Gasteiger partial charge on any atom is 0.456 e. The van der Waals surface area contributed by atoms with Gasteiger partial charge in [-0.15, -0.1) is 0 Å². The molecule has 0 fully saturated rings. The summed E-state index contributed by atoms with van der Waals surface area (Å²) in [5.74, 6) is 0. The number of rotatable bonds is 3. The maximum atomic E-state index is 11.8. The predicted octanol–water partition coefficient (Wildman–Crippen LogP) is 3.67. The Labute approximate surface area is 91.0 Å². The molecule has 1 aromatic carbocycles. The summed E-state index contributed by atoms with van der Waals surface area (Å²) in [5.41, 5.74) is -3.40. The van der Waals surface area contributed by atoms with Gasteiger partial charge in [-0.1, -0.05) is 30.3 Å². The third-order valence-corrected chi connectivity index (χ3v) is 2.35. The summed E-state index contributed by atoms with van der Waals surface area (Å²) in [7, 11) is 0. The minimum atomic E-state index is -4.23. The molecule has 6 heteroatoms. The van der Waals surface area contributed by atoms with Crippen LogP contribution < -0.4 is 10.9 Å². The summed E-state index contributed by atoms with van der Waals surface area (Å²) >= 11 is -0.213. The van der Waals surface area contributed by atoms with Crippen molar-refractivity contribution >= 4 is 11.9 Å².